The molecular weight excluding hydrogens is 452 g/mol. The maximum absolute atomic E-state index is 11.9. The minimum Gasteiger partial charge on any atom is -0.479 e. The van der Waals surface area contributed by atoms with Crippen LogP contribution in [0.5, 0.6) is 5.88 Å². The van der Waals surface area contributed by atoms with Gasteiger partial charge in [-0.2, -0.15) is 10.1 Å². The lowest BCUT2D eigenvalue weighted by molar-refractivity contribution is 0.0526. The number of anilines is 1. The van der Waals surface area contributed by atoms with Gasteiger partial charge < -0.3 is 20.2 Å². The molecule has 30 heavy (non-hydrogen) atoms. The number of nitrogens with one attached hydrogen (secondary N) is 2. The Kier molecular flexibility index (Phi) is 7.78. The van der Waals surface area contributed by atoms with Gasteiger partial charge in [-0.25, -0.2) is 14.5 Å². The summed E-state index contributed by atoms with van der Waals surface area (Å²) in [5.41, 5.74) is 1.64. The van der Waals surface area contributed by atoms with Crippen LogP contribution in [0.15, 0.2) is 12.4 Å². The van der Waals surface area contributed by atoms with E-state index in [1.807, 2.05) is 0 Å². The topological polar surface area (TPSA) is 115 Å². The normalized spacial score (nSPS) is 14.4. The molecule has 3 rings (SSSR count). The Hall–Kier alpha value is -2.49. The highest BCUT2D eigenvalue weighted by molar-refractivity contribution is 9.09. The van der Waals surface area contributed by atoms with E-state index in [-0.39, 0.29) is 12.6 Å². The first-order valence-corrected chi connectivity index (χ1v) is 11.2. The SMILES string of the molecule is CCOC(=O)c1cnn(-c2nc(OC)c(NCC3CCCCC3)c(C(=N)CBr)n2)c1. The summed E-state index contributed by atoms with van der Waals surface area (Å²) in [6.07, 6.45) is 9.11. The van der Waals surface area contributed by atoms with Gasteiger partial charge in [0.2, 0.25) is 5.88 Å². The van der Waals surface area contributed by atoms with Crippen molar-refractivity contribution in [1.82, 2.24) is 19.7 Å². The van der Waals surface area contributed by atoms with Crippen LogP contribution in [0, 0.1) is 11.3 Å². The van der Waals surface area contributed by atoms with E-state index in [9.17, 15) is 4.79 Å². The van der Waals surface area contributed by atoms with Gasteiger partial charge in [-0.1, -0.05) is 35.2 Å². The largest absolute Gasteiger partial charge is 0.479 e. The highest BCUT2D eigenvalue weighted by Gasteiger charge is 2.22. The lowest BCUT2D eigenvalue weighted by Crippen LogP contribution is -2.21. The van der Waals surface area contributed by atoms with Crippen molar-refractivity contribution in [1.29, 1.82) is 5.41 Å². The molecule has 162 valence electrons. The zero-order valence-electron chi connectivity index (χ0n) is 17.3. The molecule has 2 aromatic heterocycles. The van der Waals surface area contributed by atoms with Gasteiger partial charge in [0, 0.05) is 18.1 Å². The second-order valence-electron chi connectivity index (χ2n) is 7.15. The molecule has 0 unspecified atom stereocenters. The molecule has 1 fully saturated rings. The Balaban J connectivity index is 1.92. The predicted molar refractivity (Wildman–Crippen MR) is 117 cm³/mol. The fraction of sp³-hybridized carbons (Fsp3) is 0.550. The quantitative estimate of drug-likeness (QED) is 0.321. The van der Waals surface area contributed by atoms with Crippen molar-refractivity contribution in [3.8, 4) is 11.8 Å². The first kappa shape index (κ1) is 22.2. The molecule has 0 radical (unpaired) electrons. The third-order valence-corrected chi connectivity index (χ3v) is 5.63. The Labute approximate surface area is 184 Å². The summed E-state index contributed by atoms with van der Waals surface area (Å²) in [5.74, 6) is 0.679. The minimum atomic E-state index is -0.463. The number of esters is 1. The Morgan fingerprint density at radius 3 is 2.77 bits per heavy atom. The van der Waals surface area contributed by atoms with Crippen molar-refractivity contribution in [2.45, 2.75) is 39.0 Å². The van der Waals surface area contributed by atoms with Crippen LogP contribution in [-0.4, -0.2) is 57.0 Å². The zero-order valence-corrected chi connectivity index (χ0v) is 18.9. The van der Waals surface area contributed by atoms with Gasteiger partial charge in [-0.3, -0.25) is 0 Å². The van der Waals surface area contributed by atoms with E-state index in [0.29, 0.717) is 39.8 Å². The molecule has 0 aliphatic heterocycles. The van der Waals surface area contributed by atoms with Gasteiger partial charge >= 0.3 is 5.97 Å². The third-order valence-electron chi connectivity index (χ3n) is 5.07. The predicted octanol–water partition coefficient (Wildman–Crippen LogP) is 3.60. The number of hydrogen-bond donors (Lipinski definition) is 2. The number of nitrogens with zero attached hydrogens (tertiary/aromatic N) is 4. The molecule has 2 heterocycles. The van der Waals surface area contributed by atoms with Crippen molar-refractivity contribution in [2.75, 3.05) is 30.9 Å². The van der Waals surface area contributed by atoms with E-state index >= 15 is 0 Å². The van der Waals surface area contributed by atoms with Crippen LogP contribution >= 0.6 is 15.9 Å². The molecule has 2 N–H and O–H groups in total. The second-order valence-corrected chi connectivity index (χ2v) is 7.71. The molecule has 0 bridgehead atoms. The molecule has 0 atom stereocenters. The van der Waals surface area contributed by atoms with E-state index in [1.54, 1.807) is 6.92 Å². The lowest BCUT2D eigenvalue weighted by Gasteiger charge is -2.23. The molecule has 0 aromatic carbocycles. The Morgan fingerprint density at radius 2 is 2.10 bits per heavy atom. The van der Waals surface area contributed by atoms with Crippen molar-refractivity contribution < 1.29 is 14.3 Å². The van der Waals surface area contributed by atoms with E-state index < -0.39 is 5.97 Å². The van der Waals surface area contributed by atoms with Gasteiger partial charge in [0.15, 0.2) is 0 Å². The molecule has 1 aliphatic carbocycles. The maximum atomic E-state index is 11.9. The van der Waals surface area contributed by atoms with E-state index in [0.717, 1.165) is 6.54 Å². The number of carbonyl (C=O) groups is 1. The minimum absolute atomic E-state index is 0.214. The van der Waals surface area contributed by atoms with E-state index in [1.165, 1.54) is 56.3 Å². The van der Waals surface area contributed by atoms with Gasteiger partial charge in [0.05, 0.1) is 31.2 Å². The monoisotopic (exact) mass is 478 g/mol. The van der Waals surface area contributed by atoms with Crippen molar-refractivity contribution in [3.63, 3.8) is 0 Å². The van der Waals surface area contributed by atoms with Gasteiger partial charge in [0.1, 0.15) is 11.4 Å². The highest BCUT2D eigenvalue weighted by Crippen LogP contribution is 2.30. The number of halogens is 1. The molecule has 1 aliphatic rings. The summed E-state index contributed by atoms with van der Waals surface area (Å²) in [6, 6.07) is 0. The maximum Gasteiger partial charge on any atom is 0.341 e. The van der Waals surface area contributed by atoms with Crippen LogP contribution < -0.4 is 10.1 Å². The fourth-order valence-corrected chi connectivity index (χ4v) is 3.78. The average molecular weight is 479 g/mol. The summed E-state index contributed by atoms with van der Waals surface area (Å²) in [6.45, 7) is 2.81. The summed E-state index contributed by atoms with van der Waals surface area (Å²) < 4.78 is 11.9. The summed E-state index contributed by atoms with van der Waals surface area (Å²) >= 11 is 3.34. The first-order chi connectivity index (χ1) is 14.6. The number of hydrogen-bond acceptors (Lipinski definition) is 8. The molecule has 0 spiro atoms. The first-order valence-electron chi connectivity index (χ1n) is 10.1. The smallest absolute Gasteiger partial charge is 0.341 e. The number of methoxy groups -OCH3 is 1. The standard InChI is InChI=1S/C20H27BrN6O3/c1-3-30-19(28)14-11-24-27(12-14)20-25-16(15(22)9-21)17(18(26-20)29-2)23-10-13-7-5-4-6-8-13/h11-13,22-23H,3-10H2,1-2H3. The van der Waals surface area contributed by atoms with Crippen molar-refractivity contribution in [2.24, 2.45) is 5.92 Å². The summed E-state index contributed by atoms with van der Waals surface area (Å²) in [7, 11) is 1.53. The summed E-state index contributed by atoms with van der Waals surface area (Å²) in [5, 5.41) is 16.3. The van der Waals surface area contributed by atoms with Crippen LogP contribution in [0.3, 0.4) is 0 Å². The molecule has 0 saturated heterocycles. The third kappa shape index (κ3) is 5.16. The Bertz CT molecular complexity index is 895. The summed E-state index contributed by atoms with van der Waals surface area (Å²) in [4.78, 5) is 20.9. The lowest BCUT2D eigenvalue weighted by atomic mass is 9.89. The molecule has 2 aromatic rings. The van der Waals surface area contributed by atoms with Crippen LogP contribution in [0.2, 0.25) is 0 Å². The van der Waals surface area contributed by atoms with Gasteiger partial charge in [-0.05, 0) is 25.7 Å². The molecule has 1 saturated carbocycles. The number of aromatic nitrogens is 4. The number of ether oxygens (including phenoxy) is 2. The van der Waals surface area contributed by atoms with Crippen LogP contribution in [0.4, 0.5) is 5.69 Å². The molecule has 10 heteroatoms. The average Bonchev–Trinajstić information content (AvgIpc) is 3.28. The van der Waals surface area contributed by atoms with Crippen LogP contribution in [-0.2, 0) is 4.74 Å². The highest BCUT2D eigenvalue weighted by atomic mass is 79.9. The molecule has 9 nitrogen and oxygen atoms in total. The van der Waals surface area contributed by atoms with Crippen LogP contribution in [0.25, 0.3) is 5.95 Å². The molecule has 0 amide bonds. The van der Waals surface area contributed by atoms with Crippen LogP contribution in [0.1, 0.15) is 55.1 Å². The van der Waals surface area contributed by atoms with E-state index in [2.05, 4.69) is 36.3 Å². The fourth-order valence-electron chi connectivity index (χ4n) is 3.51. The Morgan fingerprint density at radius 1 is 1.33 bits per heavy atom. The van der Waals surface area contributed by atoms with E-state index in [4.69, 9.17) is 14.9 Å². The van der Waals surface area contributed by atoms with Crippen molar-refractivity contribution in [3.05, 3.63) is 23.7 Å². The number of carbonyl (C=O) groups excluding carboxylic acids is 1. The second kappa shape index (κ2) is 10.5. The number of rotatable bonds is 9. The number of alkyl halides is 1. The zero-order chi connectivity index (χ0) is 21.5. The molecular formula is C20H27BrN6O3. The van der Waals surface area contributed by atoms with Gasteiger partial charge in [-0.15, -0.1) is 0 Å². The van der Waals surface area contributed by atoms with Crippen molar-refractivity contribution >= 4 is 33.3 Å². The van der Waals surface area contributed by atoms with Gasteiger partial charge in [0.25, 0.3) is 5.95 Å².